The highest BCUT2D eigenvalue weighted by Crippen LogP contribution is 2.31. The molecule has 1 heterocycles. The number of aryl methyl sites for hydroxylation is 2. The molecule has 1 aromatic heterocycles. The predicted octanol–water partition coefficient (Wildman–Crippen LogP) is 4.85. The van der Waals surface area contributed by atoms with E-state index >= 15 is 0 Å². The average Bonchev–Trinajstić information content (AvgIpc) is 2.91. The van der Waals surface area contributed by atoms with E-state index in [1.54, 1.807) is 24.3 Å². The van der Waals surface area contributed by atoms with Crippen molar-refractivity contribution in [1.82, 2.24) is 5.32 Å². The minimum atomic E-state index is -0.125. The summed E-state index contributed by atoms with van der Waals surface area (Å²) in [6, 6.07) is 7.84. The smallest absolute Gasteiger partial charge is 0.126 e. The number of halogens is 1. The SMILES string of the molecule is CCCNC(c1ccc(C)c(F)c1)c1sccc1CC. The molecule has 0 aliphatic heterocycles. The van der Waals surface area contributed by atoms with Gasteiger partial charge in [0.15, 0.2) is 0 Å². The van der Waals surface area contributed by atoms with Crippen LogP contribution in [-0.4, -0.2) is 6.54 Å². The Kier molecular flexibility index (Phi) is 5.32. The maximum Gasteiger partial charge on any atom is 0.126 e. The summed E-state index contributed by atoms with van der Waals surface area (Å²) in [5, 5.41) is 5.68. The van der Waals surface area contributed by atoms with Crippen LogP contribution >= 0.6 is 11.3 Å². The van der Waals surface area contributed by atoms with Gasteiger partial charge in [-0.15, -0.1) is 11.3 Å². The molecule has 1 aromatic carbocycles. The fourth-order valence-electron chi connectivity index (χ4n) is 2.33. The van der Waals surface area contributed by atoms with E-state index in [9.17, 15) is 4.39 Å². The average molecular weight is 291 g/mol. The zero-order chi connectivity index (χ0) is 14.5. The van der Waals surface area contributed by atoms with Gasteiger partial charge in [0.25, 0.3) is 0 Å². The summed E-state index contributed by atoms with van der Waals surface area (Å²) >= 11 is 1.75. The second-order valence-corrected chi connectivity index (χ2v) is 6.01. The van der Waals surface area contributed by atoms with E-state index in [0.29, 0.717) is 5.56 Å². The number of hydrogen-bond acceptors (Lipinski definition) is 2. The molecule has 108 valence electrons. The van der Waals surface area contributed by atoms with Gasteiger partial charge >= 0.3 is 0 Å². The lowest BCUT2D eigenvalue weighted by atomic mass is 10.00. The Labute approximate surface area is 124 Å². The first-order chi connectivity index (χ1) is 9.67. The summed E-state index contributed by atoms with van der Waals surface area (Å²) in [5.41, 5.74) is 3.06. The second-order valence-electron chi connectivity index (χ2n) is 5.06. The van der Waals surface area contributed by atoms with Gasteiger partial charge in [-0.25, -0.2) is 4.39 Å². The molecule has 1 nitrogen and oxygen atoms in total. The van der Waals surface area contributed by atoms with Crippen LogP contribution in [0.5, 0.6) is 0 Å². The molecule has 0 radical (unpaired) electrons. The maximum absolute atomic E-state index is 13.9. The Morgan fingerprint density at radius 3 is 2.70 bits per heavy atom. The van der Waals surface area contributed by atoms with E-state index in [0.717, 1.165) is 24.9 Å². The molecule has 20 heavy (non-hydrogen) atoms. The molecule has 0 aliphatic rings. The van der Waals surface area contributed by atoms with Crippen molar-refractivity contribution < 1.29 is 4.39 Å². The largest absolute Gasteiger partial charge is 0.306 e. The normalized spacial score (nSPS) is 12.6. The van der Waals surface area contributed by atoms with Crippen molar-refractivity contribution in [2.24, 2.45) is 0 Å². The molecule has 1 atom stereocenters. The molecule has 0 bridgehead atoms. The summed E-state index contributed by atoms with van der Waals surface area (Å²) in [5.74, 6) is -0.125. The van der Waals surface area contributed by atoms with Crippen molar-refractivity contribution >= 4 is 11.3 Å². The Hall–Kier alpha value is -1.19. The molecule has 1 N–H and O–H groups in total. The lowest BCUT2D eigenvalue weighted by Crippen LogP contribution is -2.23. The van der Waals surface area contributed by atoms with Crippen molar-refractivity contribution in [2.75, 3.05) is 6.54 Å². The Balaban J connectivity index is 2.38. The van der Waals surface area contributed by atoms with Crippen LogP contribution in [0.15, 0.2) is 29.6 Å². The molecule has 0 saturated carbocycles. The second kappa shape index (κ2) is 7.00. The molecule has 1 unspecified atom stereocenters. The summed E-state index contributed by atoms with van der Waals surface area (Å²) in [6.45, 7) is 7.05. The van der Waals surface area contributed by atoms with E-state index in [1.807, 2.05) is 12.1 Å². The fourth-order valence-corrected chi connectivity index (χ4v) is 3.43. The van der Waals surface area contributed by atoms with Crippen LogP contribution in [0.2, 0.25) is 0 Å². The monoisotopic (exact) mass is 291 g/mol. The summed E-state index contributed by atoms with van der Waals surface area (Å²) < 4.78 is 13.9. The van der Waals surface area contributed by atoms with Crippen molar-refractivity contribution in [2.45, 2.75) is 39.7 Å². The lowest BCUT2D eigenvalue weighted by molar-refractivity contribution is 0.585. The molecular formula is C17H22FNS. The zero-order valence-corrected chi connectivity index (χ0v) is 13.2. The van der Waals surface area contributed by atoms with Gasteiger partial charge in [-0.1, -0.05) is 26.0 Å². The first-order valence-electron chi connectivity index (χ1n) is 7.23. The van der Waals surface area contributed by atoms with Crippen molar-refractivity contribution in [3.05, 3.63) is 57.0 Å². The highest BCUT2D eigenvalue weighted by Gasteiger charge is 2.18. The highest BCUT2D eigenvalue weighted by molar-refractivity contribution is 7.10. The molecule has 0 aliphatic carbocycles. The van der Waals surface area contributed by atoms with Gasteiger partial charge in [0.2, 0.25) is 0 Å². The third-order valence-corrected chi connectivity index (χ3v) is 4.58. The van der Waals surface area contributed by atoms with Crippen LogP contribution in [0.1, 0.15) is 47.9 Å². The zero-order valence-electron chi connectivity index (χ0n) is 12.4. The summed E-state index contributed by atoms with van der Waals surface area (Å²) in [7, 11) is 0. The molecule has 0 fully saturated rings. The van der Waals surface area contributed by atoms with E-state index in [4.69, 9.17) is 0 Å². The van der Waals surface area contributed by atoms with Crippen molar-refractivity contribution in [3.8, 4) is 0 Å². The van der Waals surface area contributed by atoms with E-state index < -0.39 is 0 Å². The number of thiophene rings is 1. The molecule has 0 spiro atoms. The van der Waals surface area contributed by atoms with Crippen LogP contribution in [0.25, 0.3) is 0 Å². The quantitative estimate of drug-likeness (QED) is 0.802. The van der Waals surface area contributed by atoms with Crippen molar-refractivity contribution in [3.63, 3.8) is 0 Å². The molecule has 0 saturated heterocycles. The summed E-state index contributed by atoms with van der Waals surface area (Å²) in [6.07, 6.45) is 2.08. The van der Waals surface area contributed by atoms with E-state index in [1.165, 1.54) is 10.4 Å². The third kappa shape index (κ3) is 3.28. The van der Waals surface area contributed by atoms with Gasteiger partial charge < -0.3 is 5.32 Å². The molecule has 0 amide bonds. The topological polar surface area (TPSA) is 12.0 Å². The van der Waals surface area contributed by atoms with Gasteiger partial charge in [0, 0.05) is 4.88 Å². The predicted molar refractivity (Wildman–Crippen MR) is 85.0 cm³/mol. The number of nitrogens with one attached hydrogen (secondary N) is 1. The maximum atomic E-state index is 13.9. The van der Waals surface area contributed by atoms with Gasteiger partial charge in [-0.3, -0.25) is 0 Å². The minimum absolute atomic E-state index is 0.0972. The Morgan fingerprint density at radius 2 is 2.05 bits per heavy atom. The lowest BCUT2D eigenvalue weighted by Gasteiger charge is -2.20. The highest BCUT2D eigenvalue weighted by atomic mass is 32.1. The molecule has 3 heteroatoms. The Bertz CT molecular complexity index is 562. The van der Waals surface area contributed by atoms with Crippen LogP contribution in [0.4, 0.5) is 4.39 Å². The first kappa shape index (κ1) is 15.2. The van der Waals surface area contributed by atoms with Crippen LogP contribution in [0.3, 0.4) is 0 Å². The summed E-state index contributed by atoms with van der Waals surface area (Å²) in [4.78, 5) is 1.31. The van der Waals surface area contributed by atoms with Crippen LogP contribution < -0.4 is 5.32 Å². The van der Waals surface area contributed by atoms with Crippen LogP contribution in [-0.2, 0) is 6.42 Å². The van der Waals surface area contributed by atoms with Crippen LogP contribution in [0, 0.1) is 12.7 Å². The number of rotatable bonds is 6. The molecule has 2 rings (SSSR count). The standard InChI is InChI=1S/C17H22FNS/c1-4-9-19-16(17-13(5-2)8-10-20-17)14-7-6-12(3)15(18)11-14/h6-8,10-11,16,19H,4-5,9H2,1-3H3. The number of benzene rings is 1. The first-order valence-corrected chi connectivity index (χ1v) is 8.11. The Morgan fingerprint density at radius 1 is 1.25 bits per heavy atom. The fraction of sp³-hybridized carbons (Fsp3) is 0.412. The van der Waals surface area contributed by atoms with E-state index in [-0.39, 0.29) is 11.9 Å². The van der Waals surface area contributed by atoms with Crippen molar-refractivity contribution in [1.29, 1.82) is 0 Å². The molecular weight excluding hydrogens is 269 g/mol. The van der Waals surface area contributed by atoms with Gasteiger partial charge in [-0.05, 0) is 60.5 Å². The van der Waals surface area contributed by atoms with E-state index in [2.05, 4.69) is 30.6 Å². The van der Waals surface area contributed by atoms with Gasteiger partial charge in [0.05, 0.1) is 6.04 Å². The third-order valence-electron chi connectivity index (χ3n) is 3.55. The molecule has 2 aromatic rings. The number of hydrogen-bond donors (Lipinski definition) is 1. The van der Waals surface area contributed by atoms with Gasteiger partial charge in [-0.2, -0.15) is 0 Å². The minimum Gasteiger partial charge on any atom is -0.306 e. The van der Waals surface area contributed by atoms with Gasteiger partial charge in [0.1, 0.15) is 5.82 Å².